The van der Waals surface area contributed by atoms with Crippen molar-refractivity contribution in [2.75, 3.05) is 0 Å². The van der Waals surface area contributed by atoms with Gasteiger partial charge in [-0.05, 0) is 25.8 Å². The fraction of sp³-hybridized carbons (Fsp3) is 0.538. The molecule has 2 aromatic heterocycles. The molecule has 7 heteroatoms. The van der Waals surface area contributed by atoms with Crippen LogP contribution in [0.1, 0.15) is 37.7 Å². The maximum atomic E-state index is 12.0. The molecule has 0 radical (unpaired) electrons. The molecule has 0 unspecified atom stereocenters. The van der Waals surface area contributed by atoms with E-state index in [-0.39, 0.29) is 18.5 Å². The molecule has 0 aromatic carbocycles. The van der Waals surface area contributed by atoms with Crippen molar-refractivity contribution in [2.24, 2.45) is 0 Å². The molecular weight excluding hydrogens is 256 g/mol. The number of carbonyl (C=O) groups excluding carboxylic acids is 1. The van der Waals surface area contributed by atoms with Crippen LogP contribution in [0.25, 0.3) is 0 Å². The van der Waals surface area contributed by atoms with Crippen molar-refractivity contribution in [1.29, 1.82) is 0 Å². The number of aryl methyl sites for hydroxylation is 2. The van der Waals surface area contributed by atoms with Crippen molar-refractivity contribution in [3.05, 3.63) is 30.1 Å². The minimum absolute atomic E-state index is 0.0911. The summed E-state index contributed by atoms with van der Waals surface area (Å²) >= 11 is 0. The Hall–Kier alpha value is -2.18. The fourth-order valence-electron chi connectivity index (χ4n) is 2.04. The van der Waals surface area contributed by atoms with Gasteiger partial charge in [0.2, 0.25) is 5.91 Å². The average Bonchev–Trinajstić information content (AvgIpc) is 2.99. The van der Waals surface area contributed by atoms with E-state index in [0.29, 0.717) is 0 Å². The van der Waals surface area contributed by atoms with E-state index < -0.39 is 0 Å². The second kappa shape index (κ2) is 6.31. The van der Waals surface area contributed by atoms with Crippen LogP contribution < -0.4 is 5.32 Å². The molecule has 0 spiro atoms. The van der Waals surface area contributed by atoms with E-state index in [1.54, 1.807) is 10.9 Å². The van der Waals surface area contributed by atoms with Crippen molar-refractivity contribution in [2.45, 2.75) is 46.3 Å². The van der Waals surface area contributed by atoms with Gasteiger partial charge in [0.1, 0.15) is 18.7 Å². The maximum absolute atomic E-state index is 12.0. The summed E-state index contributed by atoms with van der Waals surface area (Å²) in [7, 11) is 0. The lowest BCUT2D eigenvalue weighted by atomic mass is 10.3. The van der Waals surface area contributed by atoms with Crippen LogP contribution in [0, 0.1) is 6.92 Å². The summed E-state index contributed by atoms with van der Waals surface area (Å²) in [6.45, 7) is 6.93. The highest BCUT2D eigenvalue weighted by atomic mass is 16.2. The van der Waals surface area contributed by atoms with Crippen molar-refractivity contribution in [1.82, 2.24) is 29.9 Å². The quantitative estimate of drug-likeness (QED) is 0.856. The van der Waals surface area contributed by atoms with Gasteiger partial charge in [-0.3, -0.25) is 9.48 Å². The van der Waals surface area contributed by atoms with Crippen LogP contribution in [0.3, 0.4) is 0 Å². The fourth-order valence-corrected chi connectivity index (χ4v) is 2.04. The molecule has 2 heterocycles. The van der Waals surface area contributed by atoms with Gasteiger partial charge in [0.25, 0.3) is 0 Å². The predicted octanol–water partition coefficient (Wildman–Crippen LogP) is 1.07. The molecule has 108 valence electrons. The topological polar surface area (TPSA) is 77.6 Å². The summed E-state index contributed by atoms with van der Waals surface area (Å²) in [6.07, 6.45) is 6.06. The van der Waals surface area contributed by atoms with Crippen molar-refractivity contribution in [3.8, 4) is 0 Å². The number of hydrogen-bond donors (Lipinski definition) is 1. The minimum Gasteiger partial charge on any atom is -0.345 e. The lowest BCUT2D eigenvalue weighted by Crippen LogP contribution is -2.32. The Morgan fingerprint density at radius 1 is 1.45 bits per heavy atom. The summed E-state index contributed by atoms with van der Waals surface area (Å²) in [5, 5.41) is 11.2. The summed E-state index contributed by atoms with van der Waals surface area (Å²) in [6, 6.07) is -0.173. The molecule has 2 rings (SSSR count). The van der Waals surface area contributed by atoms with Gasteiger partial charge in [-0.25, -0.2) is 9.67 Å². The van der Waals surface area contributed by atoms with Crippen LogP contribution >= 0.6 is 0 Å². The van der Waals surface area contributed by atoms with Gasteiger partial charge in [-0.1, -0.05) is 6.92 Å². The largest absolute Gasteiger partial charge is 0.345 e. The summed E-state index contributed by atoms with van der Waals surface area (Å²) in [5.41, 5.74) is 1.04. The Labute approximate surface area is 118 Å². The summed E-state index contributed by atoms with van der Waals surface area (Å²) in [4.78, 5) is 16.2. The first-order valence-electron chi connectivity index (χ1n) is 6.76. The molecule has 0 bridgehead atoms. The molecular formula is C13H20N6O. The Morgan fingerprint density at radius 2 is 2.25 bits per heavy atom. The smallest absolute Gasteiger partial charge is 0.242 e. The Morgan fingerprint density at radius 3 is 2.90 bits per heavy atom. The number of rotatable bonds is 6. The van der Waals surface area contributed by atoms with Gasteiger partial charge in [0.05, 0.1) is 12.2 Å². The van der Waals surface area contributed by atoms with E-state index in [1.807, 2.05) is 24.7 Å². The normalized spacial score (nSPS) is 12.3. The number of nitrogens with one attached hydrogen (secondary N) is 1. The molecule has 0 aliphatic heterocycles. The van der Waals surface area contributed by atoms with Gasteiger partial charge >= 0.3 is 0 Å². The van der Waals surface area contributed by atoms with Crippen molar-refractivity contribution < 1.29 is 4.79 Å². The molecule has 0 saturated carbocycles. The van der Waals surface area contributed by atoms with Crippen LogP contribution in [0.2, 0.25) is 0 Å². The molecule has 1 amide bonds. The van der Waals surface area contributed by atoms with Crippen LogP contribution in [0.5, 0.6) is 0 Å². The maximum Gasteiger partial charge on any atom is 0.242 e. The third kappa shape index (κ3) is 3.43. The zero-order valence-corrected chi connectivity index (χ0v) is 12.1. The Balaban J connectivity index is 1.94. The predicted molar refractivity (Wildman–Crippen MR) is 73.8 cm³/mol. The molecule has 0 saturated heterocycles. The molecule has 20 heavy (non-hydrogen) atoms. The van der Waals surface area contributed by atoms with E-state index >= 15 is 0 Å². The van der Waals surface area contributed by atoms with Gasteiger partial charge < -0.3 is 5.32 Å². The van der Waals surface area contributed by atoms with Gasteiger partial charge in [0, 0.05) is 12.7 Å². The number of hydrogen-bond acceptors (Lipinski definition) is 4. The second-order valence-electron chi connectivity index (χ2n) is 4.85. The Bertz CT molecular complexity index is 573. The number of aromatic nitrogens is 5. The van der Waals surface area contributed by atoms with Gasteiger partial charge in [-0.2, -0.15) is 10.2 Å². The van der Waals surface area contributed by atoms with Crippen molar-refractivity contribution >= 4 is 5.91 Å². The standard InChI is InChI=1S/C13H20N6O/c1-4-5-19-13(14-9-16-19)11(3)17-12(20)8-18-7-10(2)6-15-18/h6-7,9,11H,4-5,8H2,1-3H3,(H,17,20)/t11-/m0/s1. The van der Waals surface area contributed by atoms with Crippen LogP contribution in [-0.2, 0) is 17.9 Å². The van der Waals surface area contributed by atoms with E-state index in [0.717, 1.165) is 24.4 Å². The molecule has 1 atom stereocenters. The zero-order chi connectivity index (χ0) is 14.5. The zero-order valence-electron chi connectivity index (χ0n) is 12.1. The highest BCUT2D eigenvalue weighted by molar-refractivity contribution is 5.76. The first-order valence-corrected chi connectivity index (χ1v) is 6.76. The van der Waals surface area contributed by atoms with Gasteiger partial charge in [0.15, 0.2) is 0 Å². The third-order valence-corrected chi connectivity index (χ3v) is 2.91. The highest BCUT2D eigenvalue weighted by Crippen LogP contribution is 2.09. The van der Waals surface area contributed by atoms with E-state index in [1.165, 1.54) is 6.33 Å². The van der Waals surface area contributed by atoms with Crippen molar-refractivity contribution in [3.63, 3.8) is 0 Å². The SMILES string of the molecule is CCCn1ncnc1[C@H](C)NC(=O)Cn1cc(C)cn1. The number of nitrogens with zero attached hydrogens (tertiary/aromatic N) is 5. The van der Waals surface area contributed by atoms with Gasteiger partial charge in [-0.15, -0.1) is 0 Å². The number of carbonyl (C=O) groups is 1. The third-order valence-electron chi connectivity index (χ3n) is 2.91. The molecule has 1 N–H and O–H groups in total. The summed E-state index contributed by atoms with van der Waals surface area (Å²) < 4.78 is 3.44. The molecule has 7 nitrogen and oxygen atoms in total. The summed E-state index contributed by atoms with van der Waals surface area (Å²) in [5.74, 6) is 0.684. The first kappa shape index (κ1) is 14.2. The molecule has 2 aromatic rings. The lowest BCUT2D eigenvalue weighted by molar-refractivity contribution is -0.122. The van der Waals surface area contributed by atoms with Crippen LogP contribution in [0.15, 0.2) is 18.7 Å². The second-order valence-corrected chi connectivity index (χ2v) is 4.85. The minimum atomic E-state index is -0.173. The molecule has 0 aliphatic rings. The van der Waals surface area contributed by atoms with E-state index in [9.17, 15) is 4.79 Å². The monoisotopic (exact) mass is 276 g/mol. The average molecular weight is 276 g/mol. The van der Waals surface area contributed by atoms with Crippen LogP contribution in [0.4, 0.5) is 0 Å². The van der Waals surface area contributed by atoms with E-state index in [2.05, 4.69) is 27.4 Å². The Kier molecular flexibility index (Phi) is 4.49. The van der Waals surface area contributed by atoms with Crippen LogP contribution in [-0.4, -0.2) is 30.5 Å². The lowest BCUT2D eigenvalue weighted by Gasteiger charge is -2.14. The van der Waals surface area contributed by atoms with E-state index in [4.69, 9.17) is 0 Å². The number of amides is 1. The molecule has 0 aliphatic carbocycles. The first-order chi connectivity index (χ1) is 9.60. The highest BCUT2D eigenvalue weighted by Gasteiger charge is 2.15. The molecule has 0 fully saturated rings.